The van der Waals surface area contributed by atoms with Gasteiger partial charge in [-0.15, -0.1) is 11.3 Å². The van der Waals surface area contributed by atoms with Gasteiger partial charge in [0.1, 0.15) is 4.83 Å². The van der Waals surface area contributed by atoms with E-state index in [1.807, 2.05) is 50.2 Å². The number of thiophene rings is 1. The fourth-order valence-electron chi connectivity index (χ4n) is 5.79. The monoisotopic (exact) mass is 567 g/mol. The van der Waals surface area contributed by atoms with Gasteiger partial charge in [-0.05, 0) is 99.9 Å². The van der Waals surface area contributed by atoms with Gasteiger partial charge in [-0.1, -0.05) is 43.0 Å². The van der Waals surface area contributed by atoms with Crippen LogP contribution in [0.1, 0.15) is 56.7 Å². The average Bonchev–Trinajstić information content (AvgIpc) is 3.45. The van der Waals surface area contributed by atoms with Gasteiger partial charge >= 0.3 is 0 Å². The van der Waals surface area contributed by atoms with Gasteiger partial charge < -0.3 is 4.57 Å². The molecule has 1 aliphatic carbocycles. The molecule has 0 N–H and O–H groups in total. The average molecular weight is 568 g/mol. The Hall–Kier alpha value is -3.42. The molecule has 0 saturated carbocycles. The summed E-state index contributed by atoms with van der Waals surface area (Å²) in [7, 11) is 0. The second-order valence-corrected chi connectivity index (χ2v) is 13.0. The summed E-state index contributed by atoms with van der Waals surface area (Å²) in [6.07, 6.45) is 3.01. The summed E-state index contributed by atoms with van der Waals surface area (Å²) in [5.74, 6) is 0.845. The first-order valence-corrected chi connectivity index (χ1v) is 15.6. The molecule has 3 heterocycles. The number of carbonyl (C=O) groups is 1. The van der Waals surface area contributed by atoms with Crippen LogP contribution in [0.4, 0.5) is 0 Å². The zero-order valence-corrected chi connectivity index (χ0v) is 25.2. The van der Waals surface area contributed by atoms with Gasteiger partial charge in [-0.3, -0.25) is 14.2 Å². The molecule has 2 aromatic carbocycles. The van der Waals surface area contributed by atoms with Crippen molar-refractivity contribution < 1.29 is 4.79 Å². The fraction of sp³-hybridized carbons (Fsp3) is 0.303. The van der Waals surface area contributed by atoms with Crippen LogP contribution in [0, 0.1) is 33.6 Å². The lowest BCUT2D eigenvalue weighted by atomic mass is 9.89. The molecule has 40 heavy (non-hydrogen) atoms. The van der Waals surface area contributed by atoms with Crippen molar-refractivity contribution in [3.63, 3.8) is 0 Å². The van der Waals surface area contributed by atoms with Crippen molar-refractivity contribution in [1.29, 1.82) is 0 Å². The molecule has 6 rings (SSSR count). The molecule has 0 bridgehead atoms. The quantitative estimate of drug-likeness (QED) is 0.121. The number of thioether (sulfide) groups is 1. The zero-order chi connectivity index (χ0) is 28.1. The highest BCUT2D eigenvalue weighted by Crippen LogP contribution is 2.37. The summed E-state index contributed by atoms with van der Waals surface area (Å²) in [5.41, 5.74) is 8.09. The molecule has 0 spiro atoms. The number of rotatable bonds is 6. The van der Waals surface area contributed by atoms with Crippen LogP contribution in [0.15, 0.2) is 64.5 Å². The number of nitrogens with zero attached hydrogens (tertiary/aromatic N) is 3. The van der Waals surface area contributed by atoms with Crippen molar-refractivity contribution in [2.45, 2.75) is 59.0 Å². The Kier molecular flexibility index (Phi) is 7.05. The Labute approximate surface area is 242 Å². The standard InChI is InChI=1S/C33H33N3O2S2/c1-19-11-14-26-29(15-19)40-31-30(26)32(38)36(24-9-7-6-8-10-24)33(34-31)39-18-28(37)27-17-22(4)35(23(27)5)25-13-12-20(2)21(3)16-25/h6-10,12-13,16-17,19H,11,14-15,18H2,1-5H3. The highest BCUT2D eigenvalue weighted by molar-refractivity contribution is 7.99. The van der Waals surface area contributed by atoms with Crippen LogP contribution in [0.5, 0.6) is 0 Å². The lowest BCUT2D eigenvalue weighted by molar-refractivity contribution is 0.102. The minimum Gasteiger partial charge on any atom is -0.318 e. The van der Waals surface area contributed by atoms with Crippen LogP contribution in [0.25, 0.3) is 21.6 Å². The minimum atomic E-state index is -0.0360. The van der Waals surface area contributed by atoms with Gasteiger partial charge in [-0.25, -0.2) is 4.98 Å². The molecule has 1 atom stereocenters. The molecule has 3 aromatic heterocycles. The Morgan fingerprint density at radius 1 is 1.00 bits per heavy atom. The molecule has 0 saturated heterocycles. The van der Waals surface area contributed by atoms with E-state index in [-0.39, 0.29) is 17.1 Å². The largest absolute Gasteiger partial charge is 0.318 e. The topological polar surface area (TPSA) is 56.9 Å². The SMILES string of the molecule is Cc1ccc(-n2c(C)cc(C(=O)CSc3nc4sc5c(c4c(=O)n3-c3ccccc3)CCC(C)C5)c2C)cc1C. The Bertz CT molecular complexity index is 1830. The summed E-state index contributed by atoms with van der Waals surface area (Å²) in [5, 5.41) is 1.31. The third-order valence-electron chi connectivity index (χ3n) is 8.13. The molecule has 0 amide bonds. The van der Waals surface area contributed by atoms with E-state index >= 15 is 0 Å². The maximum absolute atomic E-state index is 14.0. The third kappa shape index (κ3) is 4.65. The van der Waals surface area contributed by atoms with Gasteiger partial charge in [0.15, 0.2) is 10.9 Å². The van der Waals surface area contributed by atoms with E-state index in [4.69, 9.17) is 4.98 Å². The fourth-order valence-corrected chi connectivity index (χ4v) is 8.11. The predicted molar refractivity (Wildman–Crippen MR) is 166 cm³/mol. The Balaban J connectivity index is 1.37. The number of Topliss-reactive ketones (excluding diaryl/α,β-unsaturated/α-hetero) is 1. The summed E-state index contributed by atoms with van der Waals surface area (Å²) < 4.78 is 3.84. The molecule has 5 aromatic rings. The van der Waals surface area contributed by atoms with Gasteiger partial charge in [-0.2, -0.15) is 0 Å². The number of fused-ring (bicyclic) bond motifs is 3. The number of hydrogen-bond acceptors (Lipinski definition) is 5. The number of carbonyl (C=O) groups excluding carboxylic acids is 1. The molecular formula is C33H33N3O2S2. The normalized spacial score (nSPS) is 15.0. The molecule has 0 aliphatic heterocycles. The summed E-state index contributed by atoms with van der Waals surface area (Å²) in [6.45, 7) is 10.5. The summed E-state index contributed by atoms with van der Waals surface area (Å²) >= 11 is 2.99. The maximum Gasteiger partial charge on any atom is 0.267 e. The second-order valence-electron chi connectivity index (χ2n) is 11.0. The van der Waals surface area contributed by atoms with Crippen molar-refractivity contribution in [2.24, 2.45) is 5.92 Å². The van der Waals surface area contributed by atoms with E-state index in [1.165, 1.54) is 33.3 Å². The molecule has 5 nitrogen and oxygen atoms in total. The van der Waals surface area contributed by atoms with Crippen molar-refractivity contribution in [1.82, 2.24) is 14.1 Å². The van der Waals surface area contributed by atoms with Crippen LogP contribution >= 0.6 is 23.1 Å². The van der Waals surface area contributed by atoms with Crippen LogP contribution in [0.3, 0.4) is 0 Å². The molecule has 204 valence electrons. The van der Waals surface area contributed by atoms with Crippen molar-refractivity contribution in [3.05, 3.63) is 103 Å². The van der Waals surface area contributed by atoms with Gasteiger partial charge in [0.2, 0.25) is 0 Å². The highest BCUT2D eigenvalue weighted by atomic mass is 32.2. The molecular weight excluding hydrogens is 535 g/mol. The second kappa shape index (κ2) is 10.5. The molecule has 1 aliphatic rings. The summed E-state index contributed by atoms with van der Waals surface area (Å²) in [6, 6.07) is 18.0. The third-order valence-corrected chi connectivity index (χ3v) is 10.2. The van der Waals surface area contributed by atoms with Gasteiger partial charge in [0, 0.05) is 27.5 Å². The number of aryl methyl sites for hydroxylation is 4. The van der Waals surface area contributed by atoms with E-state index in [2.05, 4.69) is 43.5 Å². The maximum atomic E-state index is 14.0. The van der Waals surface area contributed by atoms with E-state index in [0.29, 0.717) is 16.6 Å². The van der Waals surface area contributed by atoms with Crippen molar-refractivity contribution in [2.75, 3.05) is 5.75 Å². The zero-order valence-electron chi connectivity index (χ0n) is 23.6. The van der Waals surface area contributed by atoms with Crippen LogP contribution in [0.2, 0.25) is 0 Å². The van der Waals surface area contributed by atoms with Crippen LogP contribution in [-0.2, 0) is 12.8 Å². The number of aromatic nitrogens is 3. The lowest BCUT2D eigenvalue weighted by Crippen LogP contribution is -2.23. The number of benzene rings is 2. The number of para-hydroxylation sites is 1. The smallest absolute Gasteiger partial charge is 0.267 e. The Morgan fingerprint density at radius 2 is 1.77 bits per heavy atom. The van der Waals surface area contributed by atoms with Crippen LogP contribution < -0.4 is 5.56 Å². The Morgan fingerprint density at radius 3 is 2.52 bits per heavy atom. The molecule has 1 unspecified atom stereocenters. The minimum absolute atomic E-state index is 0.0291. The predicted octanol–water partition coefficient (Wildman–Crippen LogP) is 7.57. The molecule has 0 fully saturated rings. The van der Waals surface area contributed by atoms with Gasteiger partial charge in [0.05, 0.1) is 16.8 Å². The first-order valence-electron chi connectivity index (χ1n) is 13.8. The molecule has 0 radical (unpaired) electrons. The lowest BCUT2D eigenvalue weighted by Gasteiger charge is -2.17. The van der Waals surface area contributed by atoms with E-state index in [9.17, 15) is 9.59 Å². The number of ketones is 1. The van der Waals surface area contributed by atoms with Gasteiger partial charge in [0.25, 0.3) is 5.56 Å². The van der Waals surface area contributed by atoms with Crippen molar-refractivity contribution >= 4 is 39.1 Å². The first kappa shape index (κ1) is 26.8. The first-order chi connectivity index (χ1) is 19.2. The van der Waals surface area contributed by atoms with E-state index < -0.39 is 0 Å². The summed E-state index contributed by atoms with van der Waals surface area (Å²) in [4.78, 5) is 34.7. The van der Waals surface area contributed by atoms with E-state index in [1.54, 1.807) is 15.9 Å². The van der Waals surface area contributed by atoms with E-state index in [0.717, 1.165) is 52.2 Å². The van der Waals surface area contributed by atoms with Crippen LogP contribution in [-0.4, -0.2) is 25.7 Å². The molecule has 7 heteroatoms. The van der Waals surface area contributed by atoms with Crippen molar-refractivity contribution in [3.8, 4) is 11.4 Å². The number of hydrogen-bond donors (Lipinski definition) is 0. The highest BCUT2D eigenvalue weighted by Gasteiger charge is 2.26.